The van der Waals surface area contributed by atoms with Crippen molar-refractivity contribution in [1.82, 2.24) is 20.1 Å². The highest BCUT2D eigenvalue weighted by atomic mass is 32.1. The highest BCUT2D eigenvalue weighted by molar-refractivity contribution is 7.78. The molecule has 0 saturated carbocycles. The first-order chi connectivity index (χ1) is 8.20. The van der Waals surface area contributed by atoms with E-state index in [0.29, 0.717) is 26.3 Å². The van der Waals surface area contributed by atoms with Crippen LogP contribution in [-0.4, -0.2) is 38.4 Å². The van der Waals surface area contributed by atoms with E-state index in [1.54, 1.807) is 0 Å². The average Bonchev–Trinajstić information content (AvgIpc) is 2.35. The minimum Gasteiger partial charge on any atom is -0.381 e. The molecule has 0 aliphatic heterocycles. The predicted molar refractivity (Wildman–Crippen MR) is 71.1 cm³/mol. The van der Waals surface area contributed by atoms with Gasteiger partial charge in [-0.1, -0.05) is 25.6 Å². The maximum absolute atomic E-state index is 10.7. The van der Waals surface area contributed by atoms with Crippen LogP contribution in [0.2, 0.25) is 0 Å². The van der Waals surface area contributed by atoms with Crippen molar-refractivity contribution in [3.63, 3.8) is 0 Å². The van der Waals surface area contributed by atoms with E-state index in [1.807, 2.05) is 0 Å². The summed E-state index contributed by atoms with van der Waals surface area (Å²) in [6.07, 6.45) is 1.46. The summed E-state index contributed by atoms with van der Waals surface area (Å²) in [5.74, 6) is 0. The van der Waals surface area contributed by atoms with E-state index in [1.165, 1.54) is 0 Å². The molecule has 0 spiro atoms. The molecule has 9 heteroatoms. The molecule has 0 unspecified atom stereocenters. The number of thiol groups is 2. The van der Waals surface area contributed by atoms with Crippen molar-refractivity contribution in [1.29, 1.82) is 0 Å². The summed E-state index contributed by atoms with van der Waals surface area (Å²) in [4.78, 5) is 21.4. The Morgan fingerprint density at radius 1 is 0.882 bits per heavy atom. The third kappa shape index (κ3) is 11.5. The molecule has 0 aromatic carbocycles. The predicted octanol–water partition coefficient (Wildman–Crippen LogP) is 0.0712. The molecule has 4 amide bonds. The Bertz CT molecular complexity index is 209. The summed E-state index contributed by atoms with van der Waals surface area (Å²) >= 11 is 7.17. The number of amides is 4. The lowest BCUT2D eigenvalue weighted by atomic mass is 10.4. The number of carbonyl (C=O) groups is 2. The summed E-state index contributed by atoms with van der Waals surface area (Å²) < 4.78 is 9.59. The SMILES string of the molecule is O=C(NS)NCCCOCCCNC(=O)NS. The zero-order valence-corrected chi connectivity index (χ0v) is 11.2. The van der Waals surface area contributed by atoms with Gasteiger partial charge in [-0.2, -0.15) is 0 Å². The van der Waals surface area contributed by atoms with Crippen molar-refractivity contribution >= 4 is 37.7 Å². The summed E-state index contributed by atoms with van der Waals surface area (Å²) in [7, 11) is 0. The highest BCUT2D eigenvalue weighted by Crippen LogP contribution is 1.85. The molecule has 100 valence electrons. The van der Waals surface area contributed by atoms with Crippen molar-refractivity contribution < 1.29 is 14.3 Å². The standard InChI is InChI=1S/C8H18N4O3S2/c13-7(11-16)9-3-1-5-15-6-2-4-10-8(14)12-17/h16-17H,1-6H2,(H2,9,11,13)(H2,10,12,14). The van der Waals surface area contributed by atoms with Crippen LogP contribution in [-0.2, 0) is 4.74 Å². The molecular weight excluding hydrogens is 264 g/mol. The van der Waals surface area contributed by atoms with E-state index in [0.717, 1.165) is 12.8 Å². The van der Waals surface area contributed by atoms with E-state index < -0.39 is 0 Å². The second-order valence-corrected chi connectivity index (χ2v) is 3.50. The van der Waals surface area contributed by atoms with Gasteiger partial charge in [0.1, 0.15) is 0 Å². The molecule has 0 radical (unpaired) electrons. The molecule has 7 nitrogen and oxygen atoms in total. The normalized spacial score (nSPS) is 9.53. The lowest BCUT2D eigenvalue weighted by molar-refractivity contribution is 0.130. The van der Waals surface area contributed by atoms with Crippen LogP contribution in [0.3, 0.4) is 0 Å². The number of carbonyl (C=O) groups excluding carboxylic acids is 2. The minimum atomic E-state index is -0.324. The van der Waals surface area contributed by atoms with Gasteiger partial charge in [0.05, 0.1) is 0 Å². The van der Waals surface area contributed by atoms with Crippen molar-refractivity contribution in [3.05, 3.63) is 0 Å². The topological polar surface area (TPSA) is 91.5 Å². The molecule has 0 aromatic heterocycles. The molecule has 0 atom stereocenters. The molecule has 0 fully saturated rings. The minimum absolute atomic E-state index is 0.324. The van der Waals surface area contributed by atoms with Crippen LogP contribution >= 0.6 is 25.6 Å². The Hall–Kier alpha value is -0.800. The van der Waals surface area contributed by atoms with Gasteiger partial charge in [-0.3, -0.25) is 9.44 Å². The largest absolute Gasteiger partial charge is 0.381 e. The highest BCUT2D eigenvalue weighted by Gasteiger charge is 1.96. The van der Waals surface area contributed by atoms with Crippen LogP contribution in [0.4, 0.5) is 9.59 Å². The van der Waals surface area contributed by atoms with Gasteiger partial charge in [-0.15, -0.1) is 0 Å². The van der Waals surface area contributed by atoms with Crippen LogP contribution < -0.4 is 20.1 Å². The molecule has 0 aliphatic rings. The first-order valence-electron chi connectivity index (χ1n) is 5.14. The third-order valence-corrected chi connectivity index (χ3v) is 2.11. The molecule has 0 aromatic rings. The zero-order chi connectivity index (χ0) is 12.9. The molecular formula is C8H18N4O3S2. The van der Waals surface area contributed by atoms with Gasteiger partial charge in [-0.05, 0) is 12.8 Å². The molecule has 0 aliphatic carbocycles. The lowest BCUT2D eigenvalue weighted by Crippen LogP contribution is -2.31. The van der Waals surface area contributed by atoms with Gasteiger partial charge in [0.25, 0.3) is 0 Å². The van der Waals surface area contributed by atoms with Gasteiger partial charge in [0, 0.05) is 26.3 Å². The van der Waals surface area contributed by atoms with Crippen LogP contribution in [0.5, 0.6) is 0 Å². The second kappa shape index (κ2) is 11.7. The summed E-state index contributed by atoms with van der Waals surface area (Å²) in [5, 5.41) is 5.15. The number of urea groups is 2. The first kappa shape index (κ1) is 16.2. The van der Waals surface area contributed by atoms with Crippen molar-refractivity contribution in [2.45, 2.75) is 12.8 Å². The van der Waals surface area contributed by atoms with E-state index in [2.05, 4.69) is 45.7 Å². The molecule has 0 bridgehead atoms. The van der Waals surface area contributed by atoms with Gasteiger partial charge in [0.2, 0.25) is 0 Å². The number of hydrogen-bond donors (Lipinski definition) is 6. The molecule has 0 rings (SSSR count). The number of ether oxygens (including phenoxy) is 1. The summed E-state index contributed by atoms with van der Waals surface area (Å²) in [6, 6.07) is -0.648. The Morgan fingerprint density at radius 3 is 1.65 bits per heavy atom. The number of hydrogen-bond acceptors (Lipinski definition) is 5. The fourth-order valence-corrected chi connectivity index (χ4v) is 1.09. The maximum atomic E-state index is 10.7. The molecule has 0 heterocycles. The summed E-state index contributed by atoms with van der Waals surface area (Å²) in [6.45, 7) is 2.19. The smallest absolute Gasteiger partial charge is 0.324 e. The number of nitrogens with one attached hydrogen (secondary N) is 4. The van der Waals surface area contributed by atoms with Gasteiger partial charge < -0.3 is 15.4 Å². The average molecular weight is 282 g/mol. The van der Waals surface area contributed by atoms with E-state index >= 15 is 0 Å². The van der Waals surface area contributed by atoms with Crippen molar-refractivity contribution in [3.8, 4) is 0 Å². The molecule has 0 saturated heterocycles. The molecule has 17 heavy (non-hydrogen) atoms. The van der Waals surface area contributed by atoms with E-state index in [9.17, 15) is 9.59 Å². The van der Waals surface area contributed by atoms with Crippen molar-refractivity contribution in [2.75, 3.05) is 26.3 Å². The number of rotatable bonds is 8. The Balaban J connectivity index is 3.08. The van der Waals surface area contributed by atoms with Gasteiger partial charge in [0.15, 0.2) is 0 Å². The third-order valence-electron chi connectivity index (χ3n) is 1.71. The van der Waals surface area contributed by atoms with Crippen LogP contribution in [0.25, 0.3) is 0 Å². The monoisotopic (exact) mass is 282 g/mol. The fourth-order valence-electron chi connectivity index (χ4n) is 0.933. The Morgan fingerprint density at radius 2 is 1.29 bits per heavy atom. The lowest BCUT2D eigenvalue weighted by Gasteiger charge is -2.06. The van der Waals surface area contributed by atoms with E-state index in [-0.39, 0.29) is 12.1 Å². The van der Waals surface area contributed by atoms with Crippen LogP contribution in [0.15, 0.2) is 0 Å². The first-order valence-corrected chi connectivity index (χ1v) is 6.03. The Labute approximate surface area is 112 Å². The van der Waals surface area contributed by atoms with Crippen LogP contribution in [0, 0.1) is 0 Å². The zero-order valence-electron chi connectivity index (χ0n) is 9.36. The Kier molecular flexibility index (Phi) is 11.1. The van der Waals surface area contributed by atoms with E-state index in [4.69, 9.17) is 4.74 Å². The fraction of sp³-hybridized carbons (Fsp3) is 0.750. The van der Waals surface area contributed by atoms with Gasteiger partial charge >= 0.3 is 12.1 Å². The summed E-state index contributed by atoms with van der Waals surface area (Å²) in [5.41, 5.74) is 0. The quantitative estimate of drug-likeness (QED) is 0.281. The maximum Gasteiger partial charge on any atom is 0.324 e. The second-order valence-electron chi connectivity index (χ2n) is 3.05. The van der Waals surface area contributed by atoms with Crippen LogP contribution in [0.1, 0.15) is 12.8 Å². The van der Waals surface area contributed by atoms with Crippen molar-refractivity contribution in [2.24, 2.45) is 0 Å². The van der Waals surface area contributed by atoms with Gasteiger partial charge in [-0.25, -0.2) is 9.59 Å². The molecule has 4 N–H and O–H groups in total.